The molecule has 5 nitrogen and oxygen atoms in total. The number of nitrogens with zero attached hydrogens (tertiary/aromatic N) is 1. The molecule has 2 unspecified atom stereocenters. The first-order chi connectivity index (χ1) is 10.2. The summed E-state index contributed by atoms with van der Waals surface area (Å²) in [5.74, 6) is 0.787. The van der Waals surface area contributed by atoms with E-state index in [0.717, 1.165) is 24.9 Å². The van der Waals surface area contributed by atoms with Crippen molar-refractivity contribution in [2.75, 3.05) is 26.8 Å². The van der Waals surface area contributed by atoms with Crippen molar-refractivity contribution >= 4 is 0 Å². The lowest BCUT2D eigenvalue weighted by atomic mass is 9.98. The molecule has 0 aromatic heterocycles. The lowest BCUT2D eigenvalue weighted by Crippen LogP contribution is -2.47. The van der Waals surface area contributed by atoms with Crippen molar-refractivity contribution < 1.29 is 14.6 Å². The number of phenolic OH excluding ortho intramolecular Hbond substituents is 1. The minimum atomic E-state index is 0.240. The molecule has 1 aromatic rings. The Balaban J connectivity index is 2.08. The number of phenols is 1. The summed E-state index contributed by atoms with van der Waals surface area (Å²) in [6, 6.07) is 5.94. The summed E-state index contributed by atoms with van der Waals surface area (Å²) in [7, 11) is 1.76. The van der Waals surface area contributed by atoms with Crippen molar-refractivity contribution in [3.63, 3.8) is 0 Å². The van der Waals surface area contributed by atoms with Crippen molar-refractivity contribution in [1.29, 1.82) is 0 Å². The van der Waals surface area contributed by atoms with Crippen LogP contribution in [0.5, 0.6) is 11.5 Å². The molecule has 0 aliphatic carbocycles. The number of piperidine rings is 1. The highest BCUT2D eigenvalue weighted by atomic mass is 16.5. The summed E-state index contributed by atoms with van der Waals surface area (Å²) >= 11 is 0. The molecule has 1 fully saturated rings. The molecule has 0 radical (unpaired) electrons. The topological polar surface area (TPSA) is 68.0 Å². The number of hydrogen-bond donors (Lipinski definition) is 2. The molecule has 0 amide bonds. The van der Waals surface area contributed by atoms with Gasteiger partial charge in [0.25, 0.3) is 0 Å². The van der Waals surface area contributed by atoms with Crippen LogP contribution in [0.3, 0.4) is 0 Å². The molecule has 2 atom stereocenters. The van der Waals surface area contributed by atoms with Crippen LogP contribution in [0, 0.1) is 0 Å². The smallest absolute Gasteiger partial charge is 0.162 e. The Labute approximate surface area is 126 Å². The normalized spacial score (nSPS) is 23.2. The first-order valence-electron chi connectivity index (χ1n) is 7.60. The Morgan fingerprint density at radius 1 is 1.43 bits per heavy atom. The molecule has 1 aromatic carbocycles. The van der Waals surface area contributed by atoms with E-state index in [9.17, 15) is 5.11 Å². The van der Waals surface area contributed by atoms with Crippen molar-refractivity contribution in [3.05, 3.63) is 23.8 Å². The zero-order valence-electron chi connectivity index (χ0n) is 12.9. The van der Waals surface area contributed by atoms with Crippen LogP contribution in [-0.4, -0.2) is 49.0 Å². The van der Waals surface area contributed by atoms with E-state index >= 15 is 0 Å². The number of aromatic hydroxyl groups is 1. The SMILES string of the molecule is CCOc1cccc(CN2CCC(OC)CC2CN)c1O. The standard InChI is InChI=1S/C16H26N2O3/c1-3-21-15-6-4-5-12(16(15)19)11-18-8-7-14(20-2)9-13(18)10-17/h4-6,13-14,19H,3,7-11,17H2,1-2H3. The molecular formula is C16H26N2O3. The number of rotatable bonds is 6. The molecule has 1 saturated heterocycles. The third-order valence-corrected chi connectivity index (χ3v) is 4.15. The van der Waals surface area contributed by atoms with Crippen LogP contribution in [0.25, 0.3) is 0 Å². The maximum absolute atomic E-state index is 10.3. The molecule has 1 aliphatic rings. The molecule has 0 spiro atoms. The average Bonchev–Trinajstić information content (AvgIpc) is 2.51. The molecule has 2 rings (SSSR count). The number of hydrogen-bond acceptors (Lipinski definition) is 5. The number of para-hydroxylation sites is 1. The molecule has 1 aliphatic heterocycles. The van der Waals surface area contributed by atoms with Gasteiger partial charge in [-0.1, -0.05) is 12.1 Å². The quantitative estimate of drug-likeness (QED) is 0.836. The van der Waals surface area contributed by atoms with Crippen LogP contribution in [0.1, 0.15) is 25.3 Å². The minimum Gasteiger partial charge on any atom is -0.504 e. The fourth-order valence-corrected chi connectivity index (χ4v) is 2.92. The molecule has 3 N–H and O–H groups in total. The van der Waals surface area contributed by atoms with Gasteiger partial charge in [-0.25, -0.2) is 0 Å². The van der Waals surface area contributed by atoms with Gasteiger partial charge in [0.15, 0.2) is 11.5 Å². The van der Waals surface area contributed by atoms with Gasteiger partial charge in [0.1, 0.15) is 0 Å². The summed E-state index contributed by atoms with van der Waals surface area (Å²) in [6.07, 6.45) is 2.23. The Hall–Kier alpha value is -1.30. The van der Waals surface area contributed by atoms with Crippen LogP contribution in [0.2, 0.25) is 0 Å². The first kappa shape index (κ1) is 16.1. The number of methoxy groups -OCH3 is 1. The van der Waals surface area contributed by atoms with Crippen LogP contribution in [0.15, 0.2) is 18.2 Å². The summed E-state index contributed by atoms with van der Waals surface area (Å²) in [5.41, 5.74) is 6.78. The maximum atomic E-state index is 10.3. The zero-order valence-corrected chi connectivity index (χ0v) is 12.9. The van der Waals surface area contributed by atoms with Crippen molar-refractivity contribution in [3.8, 4) is 11.5 Å². The summed E-state index contributed by atoms with van der Waals surface area (Å²) in [5, 5.41) is 10.3. The fraction of sp³-hybridized carbons (Fsp3) is 0.625. The van der Waals surface area contributed by atoms with Gasteiger partial charge in [-0.2, -0.15) is 0 Å². The van der Waals surface area contributed by atoms with E-state index < -0.39 is 0 Å². The minimum absolute atomic E-state index is 0.240. The van der Waals surface area contributed by atoms with E-state index in [2.05, 4.69) is 4.90 Å². The van der Waals surface area contributed by atoms with Gasteiger partial charge in [-0.3, -0.25) is 4.90 Å². The Bertz CT molecular complexity index is 453. The summed E-state index contributed by atoms with van der Waals surface area (Å²) in [6.45, 7) is 4.67. The molecule has 0 saturated carbocycles. The molecule has 118 valence electrons. The van der Waals surface area contributed by atoms with Crippen LogP contribution in [0.4, 0.5) is 0 Å². The lowest BCUT2D eigenvalue weighted by molar-refractivity contribution is 0.00997. The number of likely N-dealkylation sites (tertiary alicyclic amines) is 1. The van der Waals surface area contributed by atoms with Crippen LogP contribution >= 0.6 is 0 Å². The summed E-state index contributed by atoms with van der Waals surface area (Å²) < 4.78 is 10.9. The largest absolute Gasteiger partial charge is 0.504 e. The Kier molecular flexibility index (Phi) is 5.85. The van der Waals surface area contributed by atoms with Gasteiger partial charge < -0.3 is 20.3 Å². The lowest BCUT2D eigenvalue weighted by Gasteiger charge is -2.38. The predicted molar refractivity (Wildman–Crippen MR) is 82.6 cm³/mol. The van der Waals surface area contributed by atoms with Gasteiger partial charge in [0.05, 0.1) is 12.7 Å². The zero-order chi connectivity index (χ0) is 15.2. The average molecular weight is 294 g/mol. The molecule has 21 heavy (non-hydrogen) atoms. The molecule has 1 heterocycles. The van der Waals surface area contributed by atoms with Gasteiger partial charge in [0.2, 0.25) is 0 Å². The van der Waals surface area contributed by atoms with Crippen molar-refractivity contribution in [1.82, 2.24) is 4.90 Å². The monoisotopic (exact) mass is 294 g/mol. The van der Waals surface area contributed by atoms with E-state index in [-0.39, 0.29) is 11.9 Å². The van der Waals surface area contributed by atoms with Gasteiger partial charge >= 0.3 is 0 Å². The summed E-state index contributed by atoms with van der Waals surface area (Å²) in [4.78, 5) is 2.32. The Morgan fingerprint density at radius 3 is 2.90 bits per heavy atom. The Morgan fingerprint density at radius 2 is 2.24 bits per heavy atom. The first-order valence-corrected chi connectivity index (χ1v) is 7.60. The van der Waals surface area contributed by atoms with Crippen LogP contribution < -0.4 is 10.5 Å². The number of benzene rings is 1. The van der Waals surface area contributed by atoms with E-state index in [1.165, 1.54) is 0 Å². The molecule has 5 heteroatoms. The van der Waals surface area contributed by atoms with E-state index in [1.54, 1.807) is 13.2 Å². The van der Waals surface area contributed by atoms with E-state index in [4.69, 9.17) is 15.2 Å². The van der Waals surface area contributed by atoms with Crippen LogP contribution in [-0.2, 0) is 11.3 Å². The third-order valence-electron chi connectivity index (χ3n) is 4.15. The van der Waals surface area contributed by atoms with E-state index in [1.807, 2.05) is 19.1 Å². The molecular weight excluding hydrogens is 268 g/mol. The number of ether oxygens (including phenoxy) is 2. The van der Waals surface area contributed by atoms with Crippen molar-refractivity contribution in [2.45, 2.75) is 38.5 Å². The predicted octanol–water partition coefficient (Wildman–Crippen LogP) is 1.73. The van der Waals surface area contributed by atoms with Crippen molar-refractivity contribution in [2.24, 2.45) is 5.73 Å². The fourth-order valence-electron chi connectivity index (χ4n) is 2.92. The second kappa shape index (κ2) is 7.64. The highest BCUT2D eigenvalue weighted by molar-refractivity contribution is 5.45. The molecule has 0 bridgehead atoms. The second-order valence-electron chi connectivity index (χ2n) is 5.44. The third kappa shape index (κ3) is 3.87. The number of nitrogens with two attached hydrogens (primary N) is 1. The maximum Gasteiger partial charge on any atom is 0.162 e. The highest BCUT2D eigenvalue weighted by Crippen LogP contribution is 2.32. The van der Waals surface area contributed by atoms with Gasteiger partial charge in [-0.05, 0) is 25.8 Å². The highest BCUT2D eigenvalue weighted by Gasteiger charge is 2.28. The second-order valence-corrected chi connectivity index (χ2v) is 5.44. The van der Waals surface area contributed by atoms with Gasteiger partial charge in [0, 0.05) is 38.3 Å². The van der Waals surface area contributed by atoms with Gasteiger partial charge in [-0.15, -0.1) is 0 Å². The van der Waals surface area contributed by atoms with E-state index in [0.29, 0.717) is 31.5 Å².